The van der Waals surface area contributed by atoms with E-state index in [0.29, 0.717) is 5.54 Å². The van der Waals surface area contributed by atoms with Crippen LogP contribution in [0, 0.1) is 0 Å². The van der Waals surface area contributed by atoms with E-state index in [2.05, 4.69) is 38.0 Å². The Bertz CT molecular complexity index is 235. The summed E-state index contributed by atoms with van der Waals surface area (Å²) >= 11 is 0. The van der Waals surface area contributed by atoms with Crippen LogP contribution in [-0.2, 0) is 0 Å². The minimum Gasteiger partial charge on any atom is -0.317 e. The van der Waals surface area contributed by atoms with E-state index >= 15 is 0 Å². The first kappa shape index (κ1) is 13.4. The van der Waals surface area contributed by atoms with Crippen molar-refractivity contribution in [1.82, 2.24) is 10.2 Å². The average molecular weight is 238 g/mol. The molecule has 2 bridgehead atoms. The van der Waals surface area contributed by atoms with Crippen LogP contribution in [0.25, 0.3) is 0 Å². The minimum atomic E-state index is 0.406. The molecule has 2 heteroatoms. The molecule has 100 valence electrons. The molecule has 0 saturated carbocycles. The van der Waals surface area contributed by atoms with Crippen molar-refractivity contribution >= 4 is 0 Å². The molecule has 0 aromatic rings. The van der Waals surface area contributed by atoms with Gasteiger partial charge in [0.25, 0.3) is 0 Å². The molecule has 0 aromatic carbocycles. The Balaban J connectivity index is 2.12. The van der Waals surface area contributed by atoms with Gasteiger partial charge in [-0.25, -0.2) is 0 Å². The third-order valence-electron chi connectivity index (χ3n) is 4.94. The standard InChI is InChI=1S/C15H30N2/c1-5-9-15(2,3)17-13-7-6-8-14(17)11-12(10-13)16-4/h12-14,16H,5-11H2,1-4H3. The third kappa shape index (κ3) is 2.68. The van der Waals surface area contributed by atoms with E-state index in [1.165, 1.54) is 44.9 Å². The molecule has 0 aromatic heterocycles. The molecule has 2 unspecified atom stereocenters. The average Bonchev–Trinajstić information content (AvgIpc) is 2.27. The van der Waals surface area contributed by atoms with Crippen LogP contribution in [0.1, 0.15) is 65.7 Å². The van der Waals surface area contributed by atoms with Gasteiger partial charge in [-0.05, 0) is 53.0 Å². The molecular weight excluding hydrogens is 208 g/mol. The summed E-state index contributed by atoms with van der Waals surface area (Å²) in [5.41, 5.74) is 0.406. The topological polar surface area (TPSA) is 15.3 Å². The van der Waals surface area contributed by atoms with Gasteiger partial charge in [0.15, 0.2) is 0 Å². The van der Waals surface area contributed by atoms with Crippen molar-refractivity contribution in [3.63, 3.8) is 0 Å². The van der Waals surface area contributed by atoms with Gasteiger partial charge in [-0.1, -0.05) is 19.8 Å². The Hall–Kier alpha value is -0.0800. The zero-order chi connectivity index (χ0) is 12.5. The van der Waals surface area contributed by atoms with Crippen LogP contribution in [0.5, 0.6) is 0 Å². The lowest BCUT2D eigenvalue weighted by Crippen LogP contribution is -2.62. The normalized spacial score (nSPS) is 34.9. The molecule has 0 spiro atoms. The maximum atomic E-state index is 3.51. The van der Waals surface area contributed by atoms with Gasteiger partial charge in [-0.2, -0.15) is 0 Å². The molecule has 2 fully saturated rings. The molecule has 2 aliphatic rings. The predicted octanol–water partition coefficient (Wildman–Crippen LogP) is 3.17. The molecule has 2 saturated heterocycles. The fourth-order valence-electron chi connectivity index (χ4n) is 4.35. The molecule has 0 radical (unpaired) electrons. The van der Waals surface area contributed by atoms with Gasteiger partial charge in [-0.15, -0.1) is 0 Å². The van der Waals surface area contributed by atoms with E-state index in [4.69, 9.17) is 0 Å². The van der Waals surface area contributed by atoms with E-state index in [1.54, 1.807) is 0 Å². The van der Waals surface area contributed by atoms with Crippen LogP contribution in [0.4, 0.5) is 0 Å². The first-order valence-corrected chi connectivity index (χ1v) is 7.54. The molecule has 2 rings (SSSR count). The number of piperidine rings is 2. The summed E-state index contributed by atoms with van der Waals surface area (Å²) in [6, 6.07) is 2.43. The summed E-state index contributed by atoms with van der Waals surface area (Å²) in [6.07, 6.45) is 9.65. The van der Waals surface area contributed by atoms with Crippen molar-refractivity contribution in [3.8, 4) is 0 Å². The molecule has 2 heterocycles. The van der Waals surface area contributed by atoms with Gasteiger partial charge in [0.2, 0.25) is 0 Å². The number of hydrogen-bond acceptors (Lipinski definition) is 2. The third-order valence-corrected chi connectivity index (χ3v) is 4.94. The lowest BCUT2D eigenvalue weighted by atomic mass is 9.77. The van der Waals surface area contributed by atoms with Gasteiger partial charge in [0.1, 0.15) is 0 Å². The number of nitrogens with zero attached hydrogens (tertiary/aromatic N) is 1. The number of hydrogen-bond donors (Lipinski definition) is 1. The van der Waals surface area contributed by atoms with E-state index < -0.39 is 0 Å². The fraction of sp³-hybridized carbons (Fsp3) is 1.00. The minimum absolute atomic E-state index is 0.406. The van der Waals surface area contributed by atoms with E-state index in [0.717, 1.165) is 18.1 Å². The quantitative estimate of drug-likeness (QED) is 0.809. The Morgan fingerprint density at radius 1 is 1.18 bits per heavy atom. The number of rotatable bonds is 4. The zero-order valence-corrected chi connectivity index (χ0v) is 12.1. The predicted molar refractivity (Wildman–Crippen MR) is 74.3 cm³/mol. The van der Waals surface area contributed by atoms with Crippen LogP contribution in [-0.4, -0.2) is 35.6 Å². The summed E-state index contributed by atoms with van der Waals surface area (Å²) < 4.78 is 0. The van der Waals surface area contributed by atoms with Gasteiger partial charge in [0, 0.05) is 23.7 Å². The molecular formula is C15H30N2. The maximum Gasteiger partial charge on any atom is 0.0159 e. The second kappa shape index (κ2) is 5.27. The van der Waals surface area contributed by atoms with Gasteiger partial charge in [0.05, 0.1) is 0 Å². The summed E-state index contributed by atoms with van der Waals surface area (Å²) in [5.74, 6) is 0. The monoisotopic (exact) mass is 238 g/mol. The van der Waals surface area contributed by atoms with Crippen molar-refractivity contribution in [2.45, 2.75) is 89.4 Å². The zero-order valence-electron chi connectivity index (χ0n) is 12.1. The van der Waals surface area contributed by atoms with Crippen molar-refractivity contribution in [2.75, 3.05) is 7.05 Å². The summed E-state index contributed by atoms with van der Waals surface area (Å²) in [6.45, 7) is 7.24. The molecule has 1 N–H and O–H groups in total. The highest BCUT2D eigenvalue weighted by Gasteiger charge is 2.43. The Labute approximate surface area is 107 Å². The Morgan fingerprint density at radius 3 is 2.24 bits per heavy atom. The first-order valence-electron chi connectivity index (χ1n) is 7.54. The molecule has 0 aliphatic carbocycles. The highest BCUT2D eigenvalue weighted by atomic mass is 15.3. The molecule has 2 atom stereocenters. The lowest BCUT2D eigenvalue weighted by Gasteiger charge is -2.56. The van der Waals surface area contributed by atoms with Gasteiger partial charge < -0.3 is 5.32 Å². The Morgan fingerprint density at radius 2 is 1.76 bits per heavy atom. The summed E-state index contributed by atoms with van der Waals surface area (Å²) in [5, 5.41) is 3.51. The van der Waals surface area contributed by atoms with Crippen molar-refractivity contribution < 1.29 is 0 Å². The smallest absolute Gasteiger partial charge is 0.0159 e. The van der Waals surface area contributed by atoms with Crippen LogP contribution >= 0.6 is 0 Å². The second-order valence-electron chi connectivity index (χ2n) is 6.67. The lowest BCUT2D eigenvalue weighted by molar-refractivity contribution is -0.0509. The summed E-state index contributed by atoms with van der Waals surface area (Å²) in [4.78, 5) is 2.88. The van der Waals surface area contributed by atoms with E-state index in [1.807, 2.05) is 0 Å². The molecule has 2 aliphatic heterocycles. The van der Waals surface area contributed by atoms with Gasteiger partial charge >= 0.3 is 0 Å². The van der Waals surface area contributed by atoms with Crippen molar-refractivity contribution in [2.24, 2.45) is 0 Å². The summed E-state index contributed by atoms with van der Waals surface area (Å²) in [7, 11) is 2.13. The maximum absolute atomic E-state index is 3.51. The Kier molecular flexibility index (Phi) is 4.14. The number of nitrogens with one attached hydrogen (secondary N) is 1. The molecule has 0 amide bonds. The van der Waals surface area contributed by atoms with Crippen LogP contribution in [0.3, 0.4) is 0 Å². The van der Waals surface area contributed by atoms with Crippen molar-refractivity contribution in [1.29, 1.82) is 0 Å². The van der Waals surface area contributed by atoms with Crippen LogP contribution in [0.15, 0.2) is 0 Å². The molecule has 17 heavy (non-hydrogen) atoms. The van der Waals surface area contributed by atoms with Crippen LogP contribution < -0.4 is 5.32 Å². The highest BCUT2D eigenvalue weighted by molar-refractivity contribution is 5.00. The van der Waals surface area contributed by atoms with Crippen molar-refractivity contribution in [3.05, 3.63) is 0 Å². The number of fused-ring (bicyclic) bond motifs is 2. The largest absolute Gasteiger partial charge is 0.317 e. The van der Waals surface area contributed by atoms with Crippen LogP contribution in [0.2, 0.25) is 0 Å². The first-order chi connectivity index (χ1) is 8.08. The van der Waals surface area contributed by atoms with Gasteiger partial charge in [-0.3, -0.25) is 4.90 Å². The highest BCUT2D eigenvalue weighted by Crippen LogP contribution is 2.40. The molecule has 2 nitrogen and oxygen atoms in total. The fourth-order valence-corrected chi connectivity index (χ4v) is 4.35. The SMILES string of the molecule is CCCC(C)(C)N1C2CCCC1CC(NC)C2. The van der Waals surface area contributed by atoms with E-state index in [9.17, 15) is 0 Å². The van der Waals surface area contributed by atoms with E-state index in [-0.39, 0.29) is 0 Å². The second-order valence-corrected chi connectivity index (χ2v) is 6.67.